The average Bonchev–Trinajstić information content (AvgIpc) is 3.29. The van der Waals surface area contributed by atoms with Crippen LogP contribution in [-0.2, 0) is 28.8 Å². The molecule has 11 heteroatoms. The molecule has 1 aliphatic rings. The number of carboxylic acids is 1. The molecular weight excluding hydrogens is 494 g/mol. The van der Waals surface area contributed by atoms with Crippen LogP contribution in [0, 0.1) is 17.8 Å². The first-order valence-electron chi connectivity index (χ1n) is 13.5. The van der Waals surface area contributed by atoms with Gasteiger partial charge in [0.25, 0.3) is 0 Å². The first-order valence-corrected chi connectivity index (χ1v) is 13.5. The van der Waals surface area contributed by atoms with Gasteiger partial charge in [0.15, 0.2) is 5.78 Å². The number of aliphatic carboxylic acids is 1. The zero-order valence-corrected chi connectivity index (χ0v) is 23.5. The second kappa shape index (κ2) is 15.6. The van der Waals surface area contributed by atoms with Gasteiger partial charge in [-0.05, 0) is 51.4 Å². The molecule has 0 aromatic carbocycles. The van der Waals surface area contributed by atoms with E-state index in [9.17, 15) is 33.9 Å². The van der Waals surface area contributed by atoms with E-state index in [0.717, 1.165) is 0 Å². The fourth-order valence-corrected chi connectivity index (χ4v) is 4.69. The Morgan fingerprint density at radius 1 is 0.921 bits per heavy atom. The Morgan fingerprint density at radius 2 is 1.53 bits per heavy atom. The Balaban J connectivity index is 3.00. The van der Waals surface area contributed by atoms with Gasteiger partial charge in [-0.25, -0.2) is 0 Å². The molecule has 0 saturated carbocycles. The molecule has 0 unspecified atom stereocenters. The van der Waals surface area contributed by atoms with Crippen molar-refractivity contribution in [3.63, 3.8) is 0 Å². The Hall–Kier alpha value is -2.82. The zero-order valence-electron chi connectivity index (χ0n) is 23.5. The quantitative estimate of drug-likeness (QED) is 0.228. The van der Waals surface area contributed by atoms with E-state index < -0.39 is 60.3 Å². The molecule has 1 saturated heterocycles. The molecule has 1 fully saturated rings. The van der Waals surface area contributed by atoms with Crippen LogP contribution in [0.5, 0.6) is 0 Å². The molecule has 0 aliphatic carbocycles. The molecule has 5 atom stereocenters. The number of hydrogen-bond acceptors (Lipinski definition) is 7. The summed E-state index contributed by atoms with van der Waals surface area (Å²) in [7, 11) is 0. The smallest absolute Gasteiger partial charge is 0.303 e. The lowest BCUT2D eigenvalue weighted by atomic mass is 9.86. The summed E-state index contributed by atoms with van der Waals surface area (Å²) < 4.78 is 0. The predicted octanol–water partition coefficient (Wildman–Crippen LogP) is 1.45. The lowest BCUT2D eigenvalue weighted by Gasteiger charge is -2.31. The number of likely N-dealkylation sites (tertiary alicyclic amines) is 1. The Kier molecular flexibility index (Phi) is 13.6. The highest BCUT2D eigenvalue weighted by molar-refractivity contribution is 5.96. The van der Waals surface area contributed by atoms with Gasteiger partial charge < -0.3 is 25.7 Å². The van der Waals surface area contributed by atoms with Gasteiger partial charge in [-0.15, -0.1) is 0 Å². The highest BCUT2D eigenvalue weighted by atomic mass is 16.4. The maximum Gasteiger partial charge on any atom is 0.303 e. The third-order valence-electron chi connectivity index (χ3n) is 6.66. The topological polar surface area (TPSA) is 170 Å². The van der Waals surface area contributed by atoms with Crippen molar-refractivity contribution in [2.75, 3.05) is 6.54 Å². The van der Waals surface area contributed by atoms with Crippen LogP contribution in [0.25, 0.3) is 0 Å². The van der Waals surface area contributed by atoms with E-state index in [-0.39, 0.29) is 42.8 Å². The molecule has 0 bridgehead atoms. The van der Waals surface area contributed by atoms with E-state index in [4.69, 9.17) is 5.11 Å². The van der Waals surface area contributed by atoms with Crippen LogP contribution in [0.2, 0.25) is 0 Å². The maximum absolute atomic E-state index is 13.3. The normalized spacial score (nSPS) is 18.6. The largest absolute Gasteiger partial charge is 0.481 e. The van der Waals surface area contributed by atoms with Gasteiger partial charge in [-0.2, -0.15) is 0 Å². The van der Waals surface area contributed by atoms with Crippen molar-refractivity contribution in [2.45, 2.75) is 111 Å². The predicted molar refractivity (Wildman–Crippen MR) is 140 cm³/mol. The number of Topliss-reactive ketones (excluding diaryl/α,β-unsaturated/α-hetero) is 2. The van der Waals surface area contributed by atoms with Gasteiger partial charge in [0.05, 0.1) is 18.6 Å². The Labute approximate surface area is 225 Å². The Bertz CT molecular complexity index is 870. The molecule has 216 valence electrons. The Morgan fingerprint density at radius 3 is 2.03 bits per heavy atom. The number of carboxylic acid groups (broad SMARTS) is 1. The van der Waals surface area contributed by atoms with Gasteiger partial charge in [-0.1, -0.05) is 27.7 Å². The number of aliphatic hydroxyl groups is 1. The number of nitrogens with zero attached hydrogens (tertiary/aromatic N) is 1. The van der Waals surface area contributed by atoms with E-state index in [2.05, 4.69) is 10.6 Å². The molecule has 3 amide bonds. The van der Waals surface area contributed by atoms with Crippen molar-refractivity contribution in [2.24, 2.45) is 17.8 Å². The van der Waals surface area contributed by atoms with Crippen molar-refractivity contribution in [1.82, 2.24) is 15.5 Å². The number of hydrogen-bond donors (Lipinski definition) is 4. The standard InChI is InChI=1S/C27H45N3O8/c1-15(2)12-19(17(5)31)14-22(33)20(13-16(3)4)28-26(37)21-8-7-11-30(21)27(38)25(18(6)32)29-23(34)9-10-24(35)36/h15-16,18-21,25,32H,7-14H2,1-6H3,(H,28,37)(H,29,34)(H,35,36)/t18-,19-,20+,21+,25+/m1/s1. The number of rotatable bonds is 16. The lowest BCUT2D eigenvalue weighted by molar-refractivity contribution is -0.144. The van der Waals surface area contributed by atoms with Gasteiger partial charge in [0.2, 0.25) is 17.7 Å². The summed E-state index contributed by atoms with van der Waals surface area (Å²) in [5.41, 5.74) is 0. The number of amides is 3. The molecule has 1 aliphatic heterocycles. The van der Waals surface area contributed by atoms with E-state index >= 15 is 0 Å². The summed E-state index contributed by atoms with van der Waals surface area (Å²) in [4.78, 5) is 76.0. The first-order chi connectivity index (χ1) is 17.6. The molecule has 0 radical (unpaired) electrons. The van der Waals surface area contributed by atoms with Crippen molar-refractivity contribution in [3.05, 3.63) is 0 Å². The lowest BCUT2D eigenvalue weighted by Crippen LogP contribution is -2.58. The minimum atomic E-state index is -1.34. The molecule has 1 rings (SSSR count). The van der Waals surface area contributed by atoms with Gasteiger partial charge >= 0.3 is 5.97 Å². The van der Waals surface area contributed by atoms with Gasteiger partial charge in [-0.3, -0.25) is 28.8 Å². The summed E-state index contributed by atoms with van der Waals surface area (Å²) in [6.45, 7) is 10.8. The minimum absolute atomic E-state index is 0.0327. The van der Waals surface area contributed by atoms with E-state index in [1.807, 2.05) is 27.7 Å². The summed E-state index contributed by atoms with van der Waals surface area (Å²) >= 11 is 0. The first kappa shape index (κ1) is 33.2. The maximum atomic E-state index is 13.3. The molecule has 0 aromatic heterocycles. The number of aliphatic hydroxyl groups excluding tert-OH is 1. The second-order valence-electron chi connectivity index (χ2n) is 11.2. The minimum Gasteiger partial charge on any atom is -0.481 e. The fourth-order valence-electron chi connectivity index (χ4n) is 4.69. The van der Waals surface area contributed by atoms with Crippen molar-refractivity contribution in [3.8, 4) is 0 Å². The molecule has 4 N–H and O–H groups in total. The van der Waals surface area contributed by atoms with Crippen molar-refractivity contribution >= 4 is 35.3 Å². The summed E-state index contributed by atoms with van der Waals surface area (Å²) in [6.07, 6.45) is -0.191. The van der Waals surface area contributed by atoms with E-state index in [1.54, 1.807) is 0 Å². The van der Waals surface area contributed by atoms with E-state index in [0.29, 0.717) is 25.7 Å². The van der Waals surface area contributed by atoms with Crippen LogP contribution in [0.4, 0.5) is 0 Å². The highest BCUT2D eigenvalue weighted by Crippen LogP contribution is 2.22. The van der Waals surface area contributed by atoms with Gasteiger partial charge in [0.1, 0.15) is 17.9 Å². The summed E-state index contributed by atoms with van der Waals surface area (Å²) in [5, 5.41) is 24.1. The number of nitrogens with one attached hydrogen (secondary N) is 2. The number of ketones is 2. The number of carbonyl (C=O) groups is 6. The molecule has 1 heterocycles. The van der Waals surface area contributed by atoms with Gasteiger partial charge in [0, 0.05) is 25.3 Å². The van der Waals surface area contributed by atoms with Crippen LogP contribution >= 0.6 is 0 Å². The van der Waals surface area contributed by atoms with Crippen LogP contribution in [0.3, 0.4) is 0 Å². The van der Waals surface area contributed by atoms with Crippen LogP contribution in [0.15, 0.2) is 0 Å². The zero-order chi connectivity index (χ0) is 29.2. The molecule has 0 spiro atoms. The molecular formula is C27H45N3O8. The van der Waals surface area contributed by atoms with Crippen LogP contribution in [0.1, 0.15) is 86.5 Å². The molecule has 0 aromatic rings. The third-order valence-corrected chi connectivity index (χ3v) is 6.66. The second-order valence-corrected chi connectivity index (χ2v) is 11.2. The average molecular weight is 540 g/mol. The summed E-state index contributed by atoms with van der Waals surface area (Å²) in [6, 6.07) is -3.04. The monoisotopic (exact) mass is 539 g/mol. The summed E-state index contributed by atoms with van der Waals surface area (Å²) in [5.74, 6) is -3.40. The van der Waals surface area contributed by atoms with Crippen LogP contribution < -0.4 is 10.6 Å². The van der Waals surface area contributed by atoms with Crippen molar-refractivity contribution in [1.29, 1.82) is 0 Å². The van der Waals surface area contributed by atoms with Crippen molar-refractivity contribution < 1.29 is 39.0 Å². The van der Waals surface area contributed by atoms with Crippen LogP contribution in [-0.4, -0.2) is 81.1 Å². The molecule has 11 nitrogen and oxygen atoms in total. The fraction of sp³-hybridized carbons (Fsp3) is 0.778. The molecule has 38 heavy (non-hydrogen) atoms. The highest BCUT2D eigenvalue weighted by Gasteiger charge is 2.40. The number of carbonyl (C=O) groups excluding carboxylic acids is 5. The SMILES string of the molecule is CC(=O)[C@@H](CC(=O)[C@H](CC(C)C)NC(=O)[C@@H]1CCCN1C(=O)[C@@H](NC(=O)CCC(=O)O)[C@@H](C)O)CC(C)C. The van der Waals surface area contributed by atoms with E-state index in [1.165, 1.54) is 18.7 Å². The third kappa shape index (κ3) is 10.9.